The number of benzene rings is 1. The van der Waals surface area contributed by atoms with E-state index in [-0.39, 0.29) is 66.5 Å². The third kappa shape index (κ3) is 12.3. The van der Waals surface area contributed by atoms with E-state index in [0.717, 1.165) is 11.1 Å². The Labute approximate surface area is 338 Å². The highest BCUT2D eigenvalue weighted by Gasteiger charge is 2.40. The highest BCUT2D eigenvalue weighted by molar-refractivity contribution is 5.95. The quantitative estimate of drug-likeness (QED) is 0.122. The van der Waals surface area contributed by atoms with Crippen LogP contribution in [0.3, 0.4) is 0 Å². The number of carbonyl (C=O) groups is 3. The maximum atomic E-state index is 14.0. The van der Waals surface area contributed by atoms with Crippen LogP contribution in [0.25, 0.3) is 16.9 Å². The molecule has 3 amide bonds. The summed E-state index contributed by atoms with van der Waals surface area (Å²) in [5.74, 6) is -1.28. The van der Waals surface area contributed by atoms with Gasteiger partial charge in [0.25, 0.3) is 11.8 Å². The topological polar surface area (TPSA) is 177 Å². The number of hydrogen-bond acceptors (Lipinski definition) is 12. The first kappa shape index (κ1) is 44.2. The Bertz CT molecular complexity index is 1960. The van der Waals surface area contributed by atoms with E-state index in [9.17, 15) is 18.8 Å². The van der Waals surface area contributed by atoms with Crippen molar-refractivity contribution in [2.75, 3.05) is 92.2 Å². The van der Waals surface area contributed by atoms with Gasteiger partial charge >= 0.3 is 0 Å². The van der Waals surface area contributed by atoms with E-state index in [4.69, 9.17) is 33.8 Å². The summed E-state index contributed by atoms with van der Waals surface area (Å²) in [4.78, 5) is 48.1. The molecule has 1 N–H and O–H groups in total. The molecule has 0 aliphatic carbocycles. The second kappa shape index (κ2) is 20.7. The van der Waals surface area contributed by atoms with Crippen molar-refractivity contribution >= 4 is 23.4 Å². The molecule has 0 atom stereocenters. The molecule has 1 saturated heterocycles. The largest absolute Gasteiger partial charge is 0.379 e. The number of piperazine rings is 1. The first-order valence-electron chi connectivity index (χ1n) is 19.6. The molecule has 0 radical (unpaired) electrons. The molecular formula is C40H56FN9O8. The van der Waals surface area contributed by atoms with Crippen molar-refractivity contribution in [2.24, 2.45) is 0 Å². The normalized spacial score (nSPS) is 14.3. The van der Waals surface area contributed by atoms with Crippen molar-refractivity contribution < 1.29 is 42.5 Å². The van der Waals surface area contributed by atoms with Gasteiger partial charge in [-0.05, 0) is 56.5 Å². The zero-order valence-electron chi connectivity index (χ0n) is 34.4. The first-order valence-corrected chi connectivity index (χ1v) is 19.6. The van der Waals surface area contributed by atoms with E-state index in [1.165, 1.54) is 23.0 Å². The minimum absolute atomic E-state index is 0.0982. The van der Waals surface area contributed by atoms with Gasteiger partial charge in [0.15, 0.2) is 11.3 Å². The Balaban J connectivity index is 1.04. The van der Waals surface area contributed by atoms with Crippen LogP contribution in [0.5, 0.6) is 0 Å². The van der Waals surface area contributed by atoms with E-state index >= 15 is 0 Å². The summed E-state index contributed by atoms with van der Waals surface area (Å²) in [6, 6.07) is 8.04. The number of ether oxygens (including phenoxy) is 5. The number of hydrogen-bond donors (Lipinski definition) is 1. The highest BCUT2D eigenvalue weighted by Crippen LogP contribution is 2.31. The highest BCUT2D eigenvalue weighted by atomic mass is 19.1. The zero-order valence-corrected chi connectivity index (χ0v) is 34.4. The van der Waals surface area contributed by atoms with Gasteiger partial charge in [-0.1, -0.05) is 26.0 Å². The number of aromatic nitrogens is 6. The van der Waals surface area contributed by atoms with E-state index in [1.807, 2.05) is 26.8 Å². The second-order valence-electron chi connectivity index (χ2n) is 15.4. The summed E-state index contributed by atoms with van der Waals surface area (Å²) in [7, 11) is 0. The predicted octanol–water partition coefficient (Wildman–Crippen LogP) is 3.02. The van der Waals surface area contributed by atoms with Gasteiger partial charge in [0.2, 0.25) is 5.91 Å². The van der Waals surface area contributed by atoms with E-state index in [0.29, 0.717) is 84.0 Å². The van der Waals surface area contributed by atoms with Gasteiger partial charge in [-0.15, -0.1) is 5.10 Å². The Morgan fingerprint density at radius 1 is 0.828 bits per heavy atom. The number of halogens is 1. The van der Waals surface area contributed by atoms with Gasteiger partial charge in [0.1, 0.15) is 18.1 Å². The predicted molar refractivity (Wildman–Crippen MR) is 211 cm³/mol. The number of fused-ring (bicyclic) bond motifs is 1. The smallest absolute Gasteiger partial charge is 0.276 e. The molecular weight excluding hydrogens is 753 g/mol. The molecule has 0 saturated carbocycles. The summed E-state index contributed by atoms with van der Waals surface area (Å²) in [5, 5.41) is 15.5. The van der Waals surface area contributed by atoms with E-state index < -0.39 is 5.54 Å². The number of imidazole rings is 1. The molecule has 1 fully saturated rings. The van der Waals surface area contributed by atoms with Crippen LogP contribution in [0.1, 0.15) is 68.1 Å². The van der Waals surface area contributed by atoms with Crippen LogP contribution in [0, 0.1) is 5.82 Å². The Morgan fingerprint density at radius 3 is 2.05 bits per heavy atom. The number of amides is 3. The van der Waals surface area contributed by atoms with Crippen LogP contribution in [-0.2, 0) is 40.4 Å². The molecule has 5 rings (SSSR count). The third-order valence-corrected chi connectivity index (χ3v) is 9.35. The lowest BCUT2D eigenvalue weighted by Crippen LogP contribution is -2.62. The minimum atomic E-state index is -0.752. The van der Waals surface area contributed by atoms with Crippen LogP contribution in [-0.4, -0.2) is 155 Å². The zero-order chi connectivity index (χ0) is 41.7. The number of carbonyl (C=O) groups excluding carboxylic acids is 3. The standard InChI is InChI=1S/C40H56FN9O8/c1-7-54-16-17-56-20-21-58-23-22-57-19-18-55-15-12-42-35(51)27-48-25-34(44-46-48)37(52)47-13-14-49(40(5,6)28-47)38(53)33-26-50-36(43-33)31(39(2,3)4)24-32(45-50)29-8-10-30(41)11-9-29/h8-11,24-26H,7,12-23,27-28H2,1-6H3,(H,42,51). The van der Waals surface area contributed by atoms with Crippen molar-refractivity contribution in [2.45, 2.75) is 59.0 Å². The number of rotatable bonds is 21. The number of nitrogens with zero attached hydrogens (tertiary/aromatic N) is 8. The SMILES string of the molecule is CCOCCOCCOCCOCCOCCNC(=O)Cn1cc(C(=O)N2CCN(C(=O)c3cn4nc(-c5ccc(F)cc5)cc(C(C)(C)C)c4n3)C(C)(C)C2)nn1. The van der Waals surface area contributed by atoms with E-state index in [1.54, 1.807) is 32.6 Å². The van der Waals surface area contributed by atoms with Gasteiger partial charge in [-0.2, -0.15) is 5.10 Å². The monoisotopic (exact) mass is 809 g/mol. The molecule has 0 unspecified atom stereocenters. The fraction of sp³-hybridized carbons (Fsp3) is 0.575. The van der Waals surface area contributed by atoms with Crippen LogP contribution in [0.4, 0.5) is 4.39 Å². The molecule has 58 heavy (non-hydrogen) atoms. The molecule has 17 nitrogen and oxygen atoms in total. The molecule has 3 aromatic heterocycles. The Morgan fingerprint density at radius 2 is 1.45 bits per heavy atom. The van der Waals surface area contributed by atoms with Crippen LogP contribution >= 0.6 is 0 Å². The summed E-state index contributed by atoms with van der Waals surface area (Å²) in [6.07, 6.45) is 3.06. The Kier molecular flexibility index (Phi) is 15.8. The molecule has 1 aromatic carbocycles. The first-order chi connectivity index (χ1) is 27.8. The van der Waals surface area contributed by atoms with Gasteiger partial charge in [0.05, 0.1) is 83.1 Å². The number of nitrogens with one attached hydrogen (secondary N) is 1. The van der Waals surface area contributed by atoms with Gasteiger partial charge in [0, 0.05) is 43.9 Å². The fourth-order valence-electron chi connectivity index (χ4n) is 6.36. The van der Waals surface area contributed by atoms with Crippen LogP contribution in [0.15, 0.2) is 42.7 Å². The maximum absolute atomic E-state index is 14.0. The maximum Gasteiger partial charge on any atom is 0.276 e. The van der Waals surface area contributed by atoms with Crippen molar-refractivity contribution in [3.63, 3.8) is 0 Å². The van der Waals surface area contributed by atoms with Crippen LogP contribution < -0.4 is 5.32 Å². The summed E-state index contributed by atoms with van der Waals surface area (Å²) in [5.41, 5.74) is 2.07. The minimum Gasteiger partial charge on any atom is -0.379 e. The average molecular weight is 810 g/mol. The van der Waals surface area contributed by atoms with Gasteiger partial charge in [-0.3, -0.25) is 14.4 Å². The van der Waals surface area contributed by atoms with Crippen molar-refractivity contribution in [3.05, 3.63) is 65.5 Å². The van der Waals surface area contributed by atoms with Gasteiger partial charge < -0.3 is 38.8 Å². The summed E-state index contributed by atoms with van der Waals surface area (Å²) >= 11 is 0. The molecule has 1 aliphatic heterocycles. The molecule has 18 heteroatoms. The molecule has 1 aliphatic rings. The van der Waals surface area contributed by atoms with Crippen molar-refractivity contribution in [1.29, 1.82) is 0 Å². The fourth-order valence-corrected chi connectivity index (χ4v) is 6.36. The average Bonchev–Trinajstić information content (AvgIpc) is 3.84. The summed E-state index contributed by atoms with van der Waals surface area (Å²) < 4.78 is 43.5. The molecule has 316 valence electrons. The molecule has 0 bridgehead atoms. The van der Waals surface area contributed by atoms with Crippen molar-refractivity contribution in [1.82, 2.24) is 44.7 Å². The lowest BCUT2D eigenvalue weighted by Gasteiger charge is -2.46. The second-order valence-corrected chi connectivity index (χ2v) is 15.4. The summed E-state index contributed by atoms with van der Waals surface area (Å²) in [6.45, 7) is 17.6. The molecule has 4 heterocycles. The third-order valence-electron chi connectivity index (χ3n) is 9.35. The lowest BCUT2D eigenvalue weighted by molar-refractivity contribution is -0.122. The van der Waals surface area contributed by atoms with E-state index in [2.05, 4.69) is 36.4 Å². The van der Waals surface area contributed by atoms with Crippen molar-refractivity contribution in [3.8, 4) is 11.3 Å². The lowest BCUT2D eigenvalue weighted by atomic mass is 9.87. The van der Waals surface area contributed by atoms with Crippen LogP contribution in [0.2, 0.25) is 0 Å². The molecule has 0 spiro atoms. The van der Waals surface area contributed by atoms with Gasteiger partial charge in [-0.25, -0.2) is 18.6 Å². The Hall–Kier alpha value is -4.88. The molecule has 4 aromatic rings.